The Balaban J connectivity index is 1.96. The van der Waals surface area contributed by atoms with Crippen LogP contribution in [-0.2, 0) is 16.4 Å². The Morgan fingerprint density at radius 2 is 2.00 bits per heavy atom. The van der Waals surface area contributed by atoms with Gasteiger partial charge in [-0.25, -0.2) is 17.5 Å². The van der Waals surface area contributed by atoms with Crippen LogP contribution in [0.15, 0.2) is 41.3 Å². The van der Waals surface area contributed by atoms with Crippen LogP contribution >= 0.6 is 11.6 Å². The van der Waals surface area contributed by atoms with E-state index in [1.165, 1.54) is 36.2 Å². The van der Waals surface area contributed by atoms with Gasteiger partial charge in [0.2, 0.25) is 10.0 Å². The molecule has 8 heteroatoms. The van der Waals surface area contributed by atoms with Gasteiger partial charge in [0.1, 0.15) is 5.82 Å². The van der Waals surface area contributed by atoms with Crippen molar-refractivity contribution in [2.24, 2.45) is 0 Å². The first-order chi connectivity index (χ1) is 11.3. The first-order valence-corrected chi connectivity index (χ1v) is 9.03. The molecular weight excluding hydrogens is 355 g/mol. The fourth-order valence-corrected chi connectivity index (χ4v) is 3.62. The standard InChI is InChI=1S/C16H14ClFN2O3S/c1-19-24(22,23)12-3-5-15-10(8-12)6-7-20(15)16(21)13-4-2-11(17)9-14(13)18/h2-5,8-9,19H,6-7H2,1H3. The van der Waals surface area contributed by atoms with E-state index < -0.39 is 21.7 Å². The zero-order valence-corrected chi connectivity index (χ0v) is 14.3. The summed E-state index contributed by atoms with van der Waals surface area (Å²) in [5.41, 5.74) is 1.25. The number of anilines is 1. The Labute approximate surface area is 144 Å². The topological polar surface area (TPSA) is 66.5 Å². The molecule has 2 aromatic rings. The lowest BCUT2D eigenvalue weighted by molar-refractivity contribution is 0.0985. The molecule has 0 atom stereocenters. The Hall–Kier alpha value is -1.96. The summed E-state index contributed by atoms with van der Waals surface area (Å²) in [5.74, 6) is -1.16. The predicted octanol–water partition coefficient (Wildman–Crippen LogP) is 2.59. The Kier molecular flexibility index (Phi) is 4.33. The van der Waals surface area contributed by atoms with Crippen molar-refractivity contribution >= 4 is 33.2 Å². The number of rotatable bonds is 3. The number of sulfonamides is 1. The second-order valence-corrected chi connectivity index (χ2v) is 7.65. The largest absolute Gasteiger partial charge is 0.308 e. The molecule has 0 saturated carbocycles. The van der Waals surface area contributed by atoms with Gasteiger partial charge in [-0.2, -0.15) is 0 Å². The molecule has 1 heterocycles. The van der Waals surface area contributed by atoms with Crippen molar-refractivity contribution in [3.8, 4) is 0 Å². The molecule has 0 fully saturated rings. The first-order valence-electron chi connectivity index (χ1n) is 7.17. The van der Waals surface area contributed by atoms with Crippen molar-refractivity contribution < 1.29 is 17.6 Å². The number of carbonyl (C=O) groups is 1. The van der Waals surface area contributed by atoms with Gasteiger partial charge in [0.15, 0.2) is 0 Å². The molecule has 0 aromatic heterocycles. The van der Waals surface area contributed by atoms with Gasteiger partial charge in [-0.15, -0.1) is 0 Å². The third-order valence-electron chi connectivity index (χ3n) is 3.93. The number of carbonyl (C=O) groups excluding carboxylic acids is 1. The van der Waals surface area contributed by atoms with Crippen LogP contribution in [0, 0.1) is 5.82 Å². The van der Waals surface area contributed by atoms with E-state index in [0.717, 1.165) is 11.6 Å². The Morgan fingerprint density at radius 1 is 1.25 bits per heavy atom. The molecule has 126 valence electrons. The van der Waals surface area contributed by atoms with Crippen molar-refractivity contribution in [1.82, 2.24) is 4.72 Å². The molecule has 0 spiro atoms. The van der Waals surface area contributed by atoms with E-state index in [1.807, 2.05) is 0 Å². The Bertz CT molecular complexity index is 931. The Morgan fingerprint density at radius 3 is 2.67 bits per heavy atom. The second kappa shape index (κ2) is 6.16. The fraction of sp³-hybridized carbons (Fsp3) is 0.188. The molecule has 1 N–H and O–H groups in total. The lowest BCUT2D eigenvalue weighted by atomic mass is 10.1. The fourth-order valence-electron chi connectivity index (χ4n) is 2.68. The number of nitrogens with one attached hydrogen (secondary N) is 1. The maximum absolute atomic E-state index is 14.0. The van der Waals surface area contributed by atoms with Gasteiger partial charge in [-0.1, -0.05) is 11.6 Å². The van der Waals surface area contributed by atoms with Gasteiger partial charge in [-0.3, -0.25) is 4.79 Å². The van der Waals surface area contributed by atoms with Gasteiger partial charge >= 0.3 is 0 Å². The van der Waals surface area contributed by atoms with Crippen molar-refractivity contribution in [3.05, 3.63) is 58.4 Å². The van der Waals surface area contributed by atoms with Crippen molar-refractivity contribution in [2.75, 3.05) is 18.5 Å². The van der Waals surface area contributed by atoms with Gasteiger partial charge in [0.25, 0.3) is 5.91 Å². The molecule has 0 aliphatic carbocycles. The minimum Gasteiger partial charge on any atom is -0.308 e. The average molecular weight is 369 g/mol. The summed E-state index contributed by atoms with van der Waals surface area (Å²) in [6.45, 7) is 0.360. The number of amides is 1. The van der Waals surface area contributed by atoms with E-state index in [9.17, 15) is 17.6 Å². The molecule has 3 rings (SSSR count). The van der Waals surface area contributed by atoms with Crippen molar-refractivity contribution in [3.63, 3.8) is 0 Å². The normalized spacial score (nSPS) is 13.9. The quantitative estimate of drug-likeness (QED) is 0.905. The van der Waals surface area contributed by atoms with E-state index in [-0.39, 0.29) is 15.5 Å². The highest BCUT2D eigenvalue weighted by molar-refractivity contribution is 7.89. The van der Waals surface area contributed by atoms with Gasteiger partial charge in [0.05, 0.1) is 10.5 Å². The number of hydrogen-bond donors (Lipinski definition) is 1. The third kappa shape index (κ3) is 2.90. The highest BCUT2D eigenvalue weighted by atomic mass is 35.5. The van der Waals surface area contributed by atoms with Crippen LogP contribution in [0.5, 0.6) is 0 Å². The minimum atomic E-state index is -3.55. The van der Waals surface area contributed by atoms with Crippen LogP contribution in [0.3, 0.4) is 0 Å². The van der Waals surface area contributed by atoms with Crippen LogP contribution in [0.1, 0.15) is 15.9 Å². The molecule has 0 bridgehead atoms. The van der Waals surface area contributed by atoms with Crippen molar-refractivity contribution in [2.45, 2.75) is 11.3 Å². The highest BCUT2D eigenvalue weighted by Crippen LogP contribution is 2.32. The summed E-state index contributed by atoms with van der Waals surface area (Å²) in [6, 6.07) is 8.42. The van der Waals surface area contributed by atoms with Gasteiger partial charge in [-0.05, 0) is 55.4 Å². The molecule has 0 radical (unpaired) electrons. The van der Waals surface area contributed by atoms with E-state index in [2.05, 4.69) is 4.72 Å². The van der Waals surface area contributed by atoms with Crippen LogP contribution in [-0.4, -0.2) is 27.9 Å². The lowest BCUT2D eigenvalue weighted by Crippen LogP contribution is -2.29. The molecule has 5 nitrogen and oxygen atoms in total. The maximum Gasteiger partial charge on any atom is 0.261 e. The summed E-state index contributed by atoms with van der Waals surface area (Å²) in [7, 11) is -2.21. The summed E-state index contributed by atoms with van der Waals surface area (Å²) in [5, 5.41) is 0.216. The molecule has 0 unspecified atom stereocenters. The minimum absolute atomic E-state index is 0.0702. The molecule has 24 heavy (non-hydrogen) atoms. The highest BCUT2D eigenvalue weighted by Gasteiger charge is 2.28. The van der Waals surface area contributed by atoms with Crippen LogP contribution in [0.25, 0.3) is 0 Å². The number of benzene rings is 2. The molecular formula is C16H14ClFN2O3S. The SMILES string of the molecule is CNS(=O)(=O)c1ccc2c(c1)CCN2C(=O)c1ccc(Cl)cc1F. The monoisotopic (exact) mass is 368 g/mol. The van der Waals surface area contributed by atoms with Crippen LogP contribution < -0.4 is 9.62 Å². The van der Waals surface area contributed by atoms with E-state index >= 15 is 0 Å². The average Bonchev–Trinajstić information content (AvgIpc) is 2.97. The van der Waals surface area contributed by atoms with Gasteiger partial charge < -0.3 is 4.90 Å². The van der Waals surface area contributed by atoms with E-state index in [0.29, 0.717) is 18.7 Å². The van der Waals surface area contributed by atoms with Gasteiger partial charge in [0, 0.05) is 17.3 Å². The number of nitrogens with zero attached hydrogens (tertiary/aromatic N) is 1. The summed E-state index contributed by atoms with van der Waals surface area (Å²) in [4.78, 5) is 14.2. The maximum atomic E-state index is 14.0. The molecule has 1 aliphatic rings. The summed E-state index contributed by atoms with van der Waals surface area (Å²) in [6.07, 6.45) is 0.503. The zero-order chi connectivity index (χ0) is 17.5. The number of halogens is 2. The molecule has 0 saturated heterocycles. The summed E-state index contributed by atoms with van der Waals surface area (Å²) < 4.78 is 39.9. The summed E-state index contributed by atoms with van der Waals surface area (Å²) >= 11 is 5.71. The lowest BCUT2D eigenvalue weighted by Gasteiger charge is -2.18. The predicted molar refractivity (Wildman–Crippen MR) is 89.5 cm³/mol. The number of fused-ring (bicyclic) bond motifs is 1. The molecule has 1 aliphatic heterocycles. The van der Waals surface area contributed by atoms with E-state index in [1.54, 1.807) is 6.07 Å². The van der Waals surface area contributed by atoms with Crippen molar-refractivity contribution in [1.29, 1.82) is 0 Å². The first kappa shape index (κ1) is 16.9. The van der Waals surface area contributed by atoms with Crippen LogP contribution in [0.2, 0.25) is 5.02 Å². The molecule has 1 amide bonds. The zero-order valence-electron chi connectivity index (χ0n) is 12.7. The second-order valence-electron chi connectivity index (χ2n) is 5.33. The third-order valence-corrected chi connectivity index (χ3v) is 5.58. The smallest absolute Gasteiger partial charge is 0.261 e. The van der Waals surface area contributed by atoms with E-state index in [4.69, 9.17) is 11.6 Å². The number of hydrogen-bond acceptors (Lipinski definition) is 3. The van der Waals surface area contributed by atoms with Crippen LogP contribution in [0.4, 0.5) is 10.1 Å². The molecule has 2 aromatic carbocycles.